The van der Waals surface area contributed by atoms with Crippen LogP contribution < -0.4 is 26.2 Å². The van der Waals surface area contributed by atoms with Gasteiger partial charge in [-0.25, -0.2) is 8.78 Å². The summed E-state index contributed by atoms with van der Waals surface area (Å²) in [5.74, 6) is -2.10. The second-order valence-electron chi connectivity index (χ2n) is 12.7. The minimum atomic E-state index is -2.10. The quantitative estimate of drug-likeness (QED) is 0.172. The molecular weight excluding hydrogens is 485 g/mol. The molecule has 2 nitrogen and oxygen atoms in total. The van der Waals surface area contributed by atoms with Gasteiger partial charge in [0.2, 0.25) is 5.79 Å². The van der Waals surface area contributed by atoms with Crippen molar-refractivity contribution in [1.82, 2.24) is 0 Å². The fourth-order valence-electron chi connectivity index (χ4n) is 7.72. The van der Waals surface area contributed by atoms with Crippen LogP contribution >= 0.6 is 0 Å². The van der Waals surface area contributed by atoms with Crippen molar-refractivity contribution in [3.05, 3.63) is 96.1 Å². The predicted octanol–water partition coefficient (Wildman–Crippen LogP) is 7.15. The van der Waals surface area contributed by atoms with E-state index in [0.717, 1.165) is 44.9 Å². The molecule has 0 radical (unpaired) electrons. The number of hydrogen-bond donors (Lipinski definition) is 0. The van der Waals surface area contributed by atoms with Crippen LogP contribution in [0.5, 0.6) is 0 Å². The first kappa shape index (κ1) is 23.3. The van der Waals surface area contributed by atoms with Crippen molar-refractivity contribution < 1.29 is 8.78 Å². The molecule has 0 N–H and O–H groups in total. The first-order valence-electron chi connectivity index (χ1n) is 14.2. The van der Waals surface area contributed by atoms with Gasteiger partial charge in [0.1, 0.15) is 0 Å². The van der Waals surface area contributed by atoms with E-state index < -0.39 is 11.5 Å². The van der Waals surface area contributed by atoms with Crippen molar-refractivity contribution in [1.29, 1.82) is 0 Å². The highest BCUT2D eigenvalue weighted by Gasteiger charge is 2.68. The van der Waals surface area contributed by atoms with Gasteiger partial charge in [0, 0.05) is 40.4 Å². The molecule has 8 rings (SSSR count). The number of fused-ring (bicyclic) bond motifs is 7. The maximum absolute atomic E-state index is 17.6. The lowest BCUT2D eigenvalue weighted by Gasteiger charge is -2.48. The molecule has 5 heteroatoms. The van der Waals surface area contributed by atoms with Gasteiger partial charge < -0.3 is 9.80 Å². The number of nitrogens with zero attached hydrogens (tertiary/aromatic N) is 2. The summed E-state index contributed by atoms with van der Waals surface area (Å²) in [6.45, 7) is 6.48. The number of rotatable bonds is 1. The van der Waals surface area contributed by atoms with Gasteiger partial charge in [0.05, 0.1) is 0 Å². The highest BCUT2D eigenvalue weighted by molar-refractivity contribution is 7.00. The van der Waals surface area contributed by atoms with Crippen LogP contribution in [-0.4, -0.2) is 12.5 Å². The van der Waals surface area contributed by atoms with Crippen molar-refractivity contribution in [2.24, 2.45) is 0 Å². The molecule has 4 aromatic rings. The van der Waals surface area contributed by atoms with Crippen molar-refractivity contribution in [3.8, 4) is 0 Å². The molecule has 4 aromatic carbocycles. The van der Waals surface area contributed by atoms with Crippen LogP contribution in [0.2, 0.25) is 0 Å². The summed E-state index contributed by atoms with van der Waals surface area (Å²) in [6, 6.07) is 29.2. The van der Waals surface area contributed by atoms with Gasteiger partial charge in [-0.05, 0) is 77.0 Å². The second-order valence-corrected chi connectivity index (χ2v) is 12.7. The van der Waals surface area contributed by atoms with E-state index >= 15 is 8.78 Å². The zero-order valence-electron chi connectivity index (χ0n) is 22.6. The van der Waals surface area contributed by atoms with Gasteiger partial charge >= 0.3 is 0 Å². The lowest BCUT2D eigenvalue weighted by atomic mass is 9.33. The van der Waals surface area contributed by atoms with Crippen LogP contribution in [-0.2, 0) is 11.1 Å². The molecule has 2 unspecified atom stereocenters. The molecule has 2 atom stereocenters. The molecule has 0 amide bonds. The molecule has 3 aliphatic heterocycles. The Morgan fingerprint density at radius 2 is 1.44 bits per heavy atom. The summed E-state index contributed by atoms with van der Waals surface area (Å²) in [4.78, 5) is 4.11. The van der Waals surface area contributed by atoms with Crippen LogP contribution in [0.4, 0.5) is 37.2 Å². The van der Waals surface area contributed by atoms with Crippen LogP contribution in [0, 0.1) is 0 Å². The van der Waals surface area contributed by atoms with Gasteiger partial charge in [-0.3, -0.25) is 0 Å². The van der Waals surface area contributed by atoms with Crippen LogP contribution in [0.3, 0.4) is 0 Å². The number of benzene rings is 4. The van der Waals surface area contributed by atoms with E-state index in [1.54, 1.807) is 4.90 Å². The Hall–Kier alpha value is -3.60. The SMILES string of the molecule is CC(C)(C)c1cc2c3c(c1)N1c4c(cccc4C4(F)CCCCC14F)B3c1ccccc1N2c1ccccc1. The summed E-state index contributed by atoms with van der Waals surface area (Å²) in [6.07, 6.45) is 1.80. The van der Waals surface area contributed by atoms with Crippen LogP contribution in [0.15, 0.2) is 84.9 Å². The summed E-state index contributed by atoms with van der Waals surface area (Å²) < 4.78 is 34.7. The third-order valence-electron chi connectivity index (χ3n) is 9.55. The van der Waals surface area contributed by atoms with Crippen LogP contribution in [0.25, 0.3) is 0 Å². The zero-order chi connectivity index (χ0) is 26.7. The average Bonchev–Trinajstić information content (AvgIpc) is 3.15. The van der Waals surface area contributed by atoms with E-state index in [-0.39, 0.29) is 25.0 Å². The Balaban J connectivity index is 1.53. The third kappa shape index (κ3) is 2.81. The van der Waals surface area contributed by atoms with Crippen molar-refractivity contribution in [2.75, 3.05) is 9.80 Å². The molecule has 1 fully saturated rings. The number of anilines is 5. The maximum atomic E-state index is 17.6. The Morgan fingerprint density at radius 3 is 2.23 bits per heavy atom. The van der Waals surface area contributed by atoms with Gasteiger partial charge in [0.25, 0.3) is 6.71 Å². The smallest absolute Gasteiger partial charge is 0.252 e. The van der Waals surface area contributed by atoms with Gasteiger partial charge in [-0.1, -0.05) is 75.4 Å². The van der Waals surface area contributed by atoms with Crippen molar-refractivity contribution >= 4 is 51.5 Å². The first-order valence-corrected chi connectivity index (χ1v) is 14.2. The monoisotopic (exact) mass is 516 g/mol. The lowest BCUT2D eigenvalue weighted by Crippen LogP contribution is -2.64. The van der Waals surface area contributed by atoms with E-state index in [2.05, 4.69) is 92.4 Å². The summed E-state index contributed by atoms with van der Waals surface area (Å²) >= 11 is 0. The van der Waals surface area contributed by atoms with Crippen LogP contribution in [0.1, 0.15) is 57.6 Å². The topological polar surface area (TPSA) is 6.48 Å². The highest BCUT2D eigenvalue weighted by atomic mass is 19.2. The van der Waals surface area contributed by atoms with Gasteiger partial charge in [-0.2, -0.15) is 0 Å². The highest BCUT2D eigenvalue weighted by Crippen LogP contribution is 2.63. The lowest BCUT2D eigenvalue weighted by molar-refractivity contribution is -0.0615. The molecule has 39 heavy (non-hydrogen) atoms. The fourth-order valence-corrected chi connectivity index (χ4v) is 7.72. The van der Waals surface area contributed by atoms with E-state index in [1.165, 1.54) is 5.46 Å². The van der Waals surface area contributed by atoms with E-state index in [1.807, 2.05) is 18.2 Å². The Kier molecular flexibility index (Phi) is 4.50. The van der Waals surface area contributed by atoms with E-state index in [4.69, 9.17) is 0 Å². The van der Waals surface area contributed by atoms with Gasteiger partial charge in [-0.15, -0.1) is 0 Å². The molecule has 3 heterocycles. The molecule has 0 aromatic heterocycles. The number of para-hydroxylation sites is 3. The zero-order valence-corrected chi connectivity index (χ0v) is 22.6. The standard InChI is InChI=1S/C34H31BF2N2/c1-32(2,3)22-20-28-30-29(21-22)39-31-24(33(36)18-9-10-19-34(33,39)37)14-11-16-26(31)35(30)25-15-7-8-17-27(25)38(28)23-12-5-4-6-13-23/h4-8,11-17,20-21H,9-10,18-19H2,1-3H3. The molecule has 0 spiro atoms. The Morgan fingerprint density at radius 1 is 0.744 bits per heavy atom. The largest absolute Gasteiger partial charge is 0.311 e. The van der Waals surface area contributed by atoms with Crippen molar-refractivity contribution in [2.45, 2.75) is 63.3 Å². The summed E-state index contributed by atoms with van der Waals surface area (Å²) in [7, 11) is 0. The molecule has 0 saturated heterocycles. The molecule has 1 saturated carbocycles. The maximum Gasteiger partial charge on any atom is 0.252 e. The molecule has 194 valence electrons. The molecular formula is C34H31BF2N2. The summed E-state index contributed by atoms with van der Waals surface area (Å²) in [5.41, 5.74) is 7.50. The molecule has 0 bridgehead atoms. The second kappa shape index (κ2) is 7.53. The minimum absolute atomic E-state index is 0.0984. The average molecular weight is 516 g/mol. The Bertz CT molecular complexity index is 1660. The third-order valence-corrected chi connectivity index (χ3v) is 9.55. The normalized spacial score (nSPS) is 24.2. The Labute approximate surface area is 229 Å². The molecule has 4 aliphatic rings. The summed E-state index contributed by atoms with van der Waals surface area (Å²) in [5, 5.41) is 0. The fraction of sp³-hybridized carbons (Fsp3) is 0.294. The number of hydrogen-bond acceptors (Lipinski definition) is 2. The minimum Gasteiger partial charge on any atom is -0.311 e. The van der Waals surface area contributed by atoms with Crippen molar-refractivity contribution in [3.63, 3.8) is 0 Å². The van der Waals surface area contributed by atoms with E-state index in [0.29, 0.717) is 18.4 Å². The number of halogens is 2. The first-order chi connectivity index (χ1) is 18.7. The predicted molar refractivity (Wildman–Crippen MR) is 158 cm³/mol. The van der Waals surface area contributed by atoms with Gasteiger partial charge in [0.15, 0.2) is 5.67 Å². The van der Waals surface area contributed by atoms with E-state index in [9.17, 15) is 0 Å². The molecule has 1 aliphatic carbocycles. The number of alkyl halides is 2.